The third-order valence-electron chi connectivity index (χ3n) is 4.88. The van der Waals surface area contributed by atoms with E-state index in [-0.39, 0.29) is 17.1 Å². The number of carbonyl (C=O) groups is 1. The number of hydrogen-bond acceptors (Lipinski definition) is 3. The van der Waals surface area contributed by atoms with Gasteiger partial charge in [-0.2, -0.15) is 0 Å². The molecule has 1 heterocycles. The zero-order valence-corrected chi connectivity index (χ0v) is 17.3. The molecule has 2 aromatic carbocycles. The number of urea groups is 1. The second-order valence-electron chi connectivity index (χ2n) is 6.54. The third kappa shape index (κ3) is 4.27. The predicted molar refractivity (Wildman–Crippen MR) is 114 cm³/mol. The number of nitrogens with one attached hydrogen (secondary N) is 1. The first-order chi connectivity index (χ1) is 14.0. The van der Waals surface area contributed by atoms with Crippen molar-refractivity contribution in [3.63, 3.8) is 0 Å². The normalized spacial score (nSPS) is 11.9. The Hall–Kier alpha value is -2.86. The van der Waals surface area contributed by atoms with Crippen LogP contribution in [-0.2, 0) is 0 Å². The highest BCUT2D eigenvalue weighted by Crippen LogP contribution is 2.34. The van der Waals surface area contributed by atoms with Gasteiger partial charge in [0.2, 0.25) is 5.88 Å². The number of aromatic nitrogens is 1. The summed E-state index contributed by atoms with van der Waals surface area (Å²) in [5, 5.41) is 4.65. The van der Waals surface area contributed by atoms with E-state index in [1.807, 2.05) is 38.1 Å². The quantitative estimate of drug-likeness (QED) is 0.533. The van der Waals surface area contributed by atoms with E-state index >= 15 is 0 Å². The van der Waals surface area contributed by atoms with Crippen molar-refractivity contribution >= 4 is 34.1 Å². The van der Waals surface area contributed by atoms with Crippen molar-refractivity contribution in [3.05, 3.63) is 65.1 Å². The van der Waals surface area contributed by atoms with E-state index in [2.05, 4.69) is 10.3 Å². The zero-order chi connectivity index (χ0) is 21.0. The monoisotopic (exact) mass is 415 g/mol. The van der Waals surface area contributed by atoms with Gasteiger partial charge in [0.1, 0.15) is 5.82 Å². The molecule has 1 atom stereocenters. The van der Waals surface area contributed by atoms with E-state index in [0.717, 1.165) is 16.3 Å². The fraction of sp³-hybridized carbons (Fsp3) is 0.273. The number of halogens is 2. The molecule has 0 bridgehead atoms. The van der Waals surface area contributed by atoms with Gasteiger partial charge in [-0.3, -0.25) is 0 Å². The minimum Gasteiger partial charge on any atom is -0.481 e. The van der Waals surface area contributed by atoms with Crippen LogP contribution in [0.3, 0.4) is 0 Å². The smallest absolute Gasteiger partial charge is 0.322 e. The summed E-state index contributed by atoms with van der Waals surface area (Å²) in [6.07, 6.45) is 2.46. The highest BCUT2D eigenvalue weighted by atomic mass is 35.5. The van der Waals surface area contributed by atoms with Crippen LogP contribution in [-0.4, -0.2) is 29.6 Å². The lowest BCUT2D eigenvalue weighted by Gasteiger charge is -2.31. The number of fused-ring (bicyclic) bond motifs is 1. The summed E-state index contributed by atoms with van der Waals surface area (Å²) in [5.74, 6) is 0.0203. The molecule has 0 aliphatic rings. The Labute approximate surface area is 174 Å². The van der Waals surface area contributed by atoms with Crippen LogP contribution in [0.25, 0.3) is 10.8 Å². The van der Waals surface area contributed by atoms with Gasteiger partial charge in [-0.25, -0.2) is 14.2 Å². The molecule has 0 saturated carbocycles. The predicted octanol–water partition coefficient (Wildman–Crippen LogP) is 6.04. The Morgan fingerprint density at radius 1 is 1.24 bits per heavy atom. The van der Waals surface area contributed by atoms with Gasteiger partial charge in [0.15, 0.2) is 0 Å². The number of methoxy groups -OCH3 is 1. The minimum atomic E-state index is -0.528. The van der Waals surface area contributed by atoms with Crippen LogP contribution in [0.15, 0.2) is 48.7 Å². The van der Waals surface area contributed by atoms with Gasteiger partial charge in [0, 0.05) is 29.4 Å². The lowest BCUT2D eigenvalue weighted by molar-refractivity contribution is 0.190. The molecule has 1 N–H and O–H groups in total. The van der Waals surface area contributed by atoms with Crippen LogP contribution in [0.2, 0.25) is 5.02 Å². The molecule has 0 radical (unpaired) electrons. The molecule has 0 fully saturated rings. The summed E-state index contributed by atoms with van der Waals surface area (Å²) in [5.41, 5.74) is 1.38. The van der Waals surface area contributed by atoms with Crippen molar-refractivity contribution in [1.29, 1.82) is 0 Å². The molecule has 1 aromatic heterocycles. The number of pyridine rings is 1. The molecule has 3 aromatic rings. The maximum absolute atomic E-state index is 13.4. The lowest BCUT2D eigenvalue weighted by atomic mass is 9.98. The zero-order valence-electron chi connectivity index (χ0n) is 16.6. The number of ether oxygens (including phenoxy) is 1. The highest BCUT2D eigenvalue weighted by Gasteiger charge is 2.25. The van der Waals surface area contributed by atoms with Crippen LogP contribution < -0.4 is 10.1 Å². The van der Waals surface area contributed by atoms with E-state index < -0.39 is 5.82 Å². The molecule has 2 amide bonds. The molecule has 0 unspecified atom stereocenters. The van der Waals surface area contributed by atoms with E-state index in [4.69, 9.17) is 16.3 Å². The van der Waals surface area contributed by atoms with Crippen molar-refractivity contribution in [1.82, 2.24) is 9.88 Å². The van der Waals surface area contributed by atoms with E-state index in [1.54, 1.807) is 18.2 Å². The largest absolute Gasteiger partial charge is 0.481 e. The van der Waals surface area contributed by atoms with Crippen molar-refractivity contribution < 1.29 is 13.9 Å². The minimum absolute atomic E-state index is 0.0387. The molecule has 0 saturated heterocycles. The second kappa shape index (κ2) is 9.09. The topological polar surface area (TPSA) is 54.5 Å². The Balaban J connectivity index is 1.96. The molecular formula is C22H23ClFN3O2. The van der Waals surface area contributed by atoms with Gasteiger partial charge in [-0.1, -0.05) is 36.7 Å². The summed E-state index contributed by atoms with van der Waals surface area (Å²) >= 11 is 5.83. The van der Waals surface area contributed by atoms with Crippen molar-refractivity contribution in [2.45, 2.75) is 26.3 Å². The molecule has 29 heavy (non-hydrogen) atoms. The van der Waals surface area contributed by atoms with Gasteiger partial charge in [0.05, 0.1) is 18.2 Å². The van der Waals surface area contributed by atoms with Gasteiger partial charge in [0.25, 0.3) is 0 Å². The number of amides is 2. The Morgan fingerprint density at radius 2 is 1.97 bits per heavy atom. The number of nitrogens with zero attached hydrogens (tertiary/aromatic N) is 2. The number of carbonyl (C=O) groups excluding carboxylic acids is 1. The molecule has 0 spiro atoms. The Bertz CT molecular complexity index is 1030. The number of anilines is 1. The van der Waals surface area contributed by atoms with Gasteiger partial charge < -0.3 is 15.0 Å². The first kappa shape index (κ1) is 20.9. The van der Waals surface area contributed by atoms with Crippen LogP contribution in [0.1, 0.15) is 31.9 Å². The number of rotatable bonds is 6. The summed E-state index contributed by atoms with van der Waals surface area (Å²) in [7, 11) is 1.59. The molecular weight excluding hydrogens is 393 g/mol. The van der Waals surface area contributed by atoms with Crippen LogP contribution in [0.5, 0.6) is 5.88 Å². The van der Waals surface area contributed by atoms with Crippen molar-refractivity contribution in [3.8, 4) is 5.88 Å². The first-order valence-corrected chi connectivity index (χ1v) is 9.82. The molecule has 3 rings (SSSR count). The SMILES string of the molecule is CC[C@H](c1cnc(OC)c2ccccc12)N(CC)C(=O)Nc1ccc(F)c(Cl)c1. The third-order valence-corrected chi connectivity index (χ3v) is 5.17. The van der Waals surface area contributed by atoms with Crippen molar-refractivity contribution in [2.24, 2.45) is 0 Å². The average molecular weight is 416 g/mol. The van der Waals surface area contributed by atoms with Crippen LogP contribution in [0, 0.1) is 5.82 Å². The van der Waals surface area contributed by atoms with E-state index in [0.29, 0.717) is 24.5 Å². The van der Waals surface area contributed by atoms with Gasteiger partial charge >= 0.3 is 6.03 Å². The summed E-state index contributed by atoms with van der Waals surface area (Å²) in [6.45, 7) is 4.42. The Kier molecular flexibility index (Phi) is 6.54. The van der Waals surface area contributed by atoms with E-state index in [9.17, 15) is 9.18 Å². The second-order valence-corrected chi connectivity index (χ2v) is 6.94. The Morgan fingerprint density at radius 3 is 2.59 bits per heavy atom. The van der Waals surface area contributed by atoms with Crippen molar-refractivity contribution in [2.75, 3.05) is 19.0 Å². The summed E-state index contributed by atoms with van der Waals surface area (Å²) in [4.78, 5) is 19.2. The number of hydrogen-bond donors (Lipinski definition) is 1. The van der Waals surface area contributed by atoms with Gasteiger partial charge in [-0.05, 0) is 43.0 Å². The molecule has 0 aliphatic heterocycles. The fourth-order valence-electron chi connectivity index (χ4n) is 3.50. The summed E-state index contributed by atoms with van der Waals surface area (Å²) < 4.78 is 18.8. The first-order valence-electron chi connectivity index (χ1n) is 9.44. The fourth-order valence-corrected chi connectivity index (χ4v) is 3.68. The maximum Gasteiger partial charge on any atom is 0.322 e. The standard InChI is InChI=1S/C22H23ClFN3O2/c1-4-20(17-13-25-21(29-3)16-9-7-6-8-15(16)17)27(5-2)22(28)26-14-10-11-19(24)18(23)12-14/h6-13,20H,4-5H2,1-3H3,(H,26,28)/t20-/m1/s1. The lowest BCUT2D eigenvalue weighted by Crippen LogP contribution is -2.38. The molecule has 7 heteroatoms. The van der Waals surface area contributed by atoms with E-state index in [1.165, 1.54) is 18.2 Å². The summed E-state index contributed by atoms with van der Waals surface area (Å²) in [6, 6.07) is 11.5. The molecule has 152 valence electrons. The maximum atomic E-state index is 13.4. The van der Waals surface area contributed by atoms with Gasteiger partial charge in [-0.15, -0.1) is 0 Å². The van der Waals surface area contributed by atoms with Crippen LogP contribution >= 0.6 is 11.6 Å². The average Bonchev–Trinajstić information content (AvgIpc) is 2.74. The van der Waals surface area contributed by atoms with Crippen LogP contribution in [0.4, 0.5) is 14.9 Å². The molecule has 0 aliphatic carbocycles. The number of benzene rings is 2. The molecule has 5 nitrogen and oxygen atoms in total. The highest BCUT2D eigenvalue weighted by molar-refractivity contribution is 6.31.